The van der Waals surface area contributed by atoms with Gasteiger partial charge < -0.3 is 37.4 Å². The fourth-order valence-electron chi connectivity index (χ4n) is 2.33. The van der Waals surface area contributed by atoms with E-state index >= 15 is 0 Å². The minimum absolute atomic E-state index is 0. The molecule has 1 unspecified atom stereocenters. The first kappa shape index (κ1) is 18.1. The zero-order chi connectivity index (χ0) is 15.4. The second-order valence-corrected chi connectivity index (χ2v) is 4.94. The lowest BCUT2D eigenvalue weighted by atomic mass is 9.98. The molecule has 2 rings (SSSR count). The standard InChI is InChI=1S/C14H19N3O4.ClH/c1-15-13(18)20-11-5-4-9-8-17(3)7-6-10(9)12(11)21-14(19)16-2;/h4-5H,6-8H2,1-3H3,(H,15,18)(H,16,19);1H. The van der Waals surface area contributed by atoms with Crippen LogP contribution in [0.5, 0.6) is 11.5 Å². The van der Waals surface area contributed by atoms with Crippen molar-refractivity contribution in [2.75, 3.05) is 27.7 Å². The molecule has 1 aromatic rings. The summed E-state index contributed by atoms with van der Waals surface area (Å²) in [6, 6.07) is 3.57. The predicted octanol–water partition coefficient (Wildman–Crippen LogP) is -3.30. The van der Waals surface area contributed by atoms with Crippen LogP contribution in [0, 0.1) is 0 Å². The van der Waals surface area contributed by atoms with Gasteiger partial charge in [-0.3, -0.25) is 0 Å². The number of rotatable bonds is 2. The molecule has 0 saturated heterocycles. The molecule has 122 valence electrons. The molecule has 1 atom stereocenters. The lowest BCUT2D eigenvalue weighted by Crippen LogP contribution is -3.08. The SMILES string of the molecule is CNC(=O)Oc1ccc2c(c1OC(=O)NC)CC[NH+](C)C2.[Cl-]. The van der Waals surface area contributed by atoms with Gasteiger partial charge in [0.2, 0.25) is 0 Å². The van der Waals surface area contributed by atoms with Gasteiger partial charge in [-0.05, 0) is 12.1 Å². The van der Waals surface area contributed by atoms with Crippen molar-refractivity contribution in [1.82, 2.24) is 10.6 Å². The first-order valence-electron chi connectivity index (χ1n) is 6.80. The summed E-state index contributed by atoms with van der Waals surface area (Å²) in [5, 5.41) is 4.77. The van der Waals surface area contributed by atoms with Gasteiger partial charge in [-0.25, -0.2) is 9.59 Å². The van der Waals surface area contributed by atoms with Gasteiger partial charge in [0.25, 0.3) is 0 Å². The molecule has 1 aliphatic rings. The summed E-state index contributed by atoms with van der Waals surface area (Å²) in [6.45, 7) is 1.78. The van der Waals surface area contributed by atoms with Crippen molar-refractivity contribution in [2.24, 2.45) is 0 Å². The number of amides is 2. The molecule has 1 aromatic carbocycles. The molecular formula is C14H20ClN3O4. The van der Waals surface area contributed by atoms with E-state index in [-0.39, 0.29) is 18.2 Å². The number of nitrogens with one attached hydrogen (secondary N) is 3. The monoisotopic (exact) mass is 329 g/mol. The number of hydrogen-bond donors (Lipinski definition) is 3. The number of carbonyl (C=O) groups excluding carboxylic acids is 2. The Morgan fingerprint density at radius 2 is 1.77 bits per heavy atom. The van der Waals surface area contributed by atoms with Crippen LogP contribution in [0.25, 0.3) is 0 Å². The number of carbonyl (C=O) groups is 2. The van der Waals surface area contributed by atoms with Crippen molar-refractivity contribution >= 4 is 12.2 Å². The summed E-state index contributed by atoms with van der Waals surface area (Å²) in [5.41, 5.74) is 2.02. The summed E-state index contributed by atoms with van der Waals surface area (Å²) in [6.07, 6.45) is -0.426. The molecule has 0 saturated carbocycles. The minimum Gasteiger partial charge on any atom is -1.00 e. The van der Waals surface area contributed by atoms with E-state index in [1.54, 1.807) is 6.07 Å². The van der Waals surface area contributed by atoms with Gasteiger partial charge in [-0.2, -0.15) is 0 Å². The van der Waals surface area contributed by atoms with Crippen LogP contribution in [0.1, 0.15) is 11.1 Å². The van der Waals surface area contributed by atoms with Crippen molar-refractivity contribution < 1.29 is 36.4 Å². The van der Waals surface area contributed by atoms with Crippen LogP contribution in [0.15, 0.2) is 12.1 Å². The van der Waals surface area contributed by atoms with Crippen molar-refractivity contribution in [3.63, 3.8) is 0 Å². The van der Waals surface area contributed by atoms with Crippen LogP contribution in [-0.2, 0) is 13.0 Å². The van der Waals surface area contributed by atoms with Gasteiger partial charge in [-0.1, -0.05) is 0 Å². The molecule has 1 aliphatic heterocycles. The maximum absolute atomic E-state index is 11.5. The molecule has 1 heterocycles. The van der Waals surface area contributed by atoms with Crippen LogP contribution >= 0.6 is 0 Å². The van der Waals surface area contributed by atoms with Crippen LogP contribution in [0.2, 0.25) is 0 Å². The van der Waals surface area contributed by atoms with E-state index in [2.05, 4.69) is 17.7 Å². The first-order chi connectivity index (χ1) is 10.0. The maximum Gasteiger partial charge on any atom is 0.412 e. The molecule has 22 heavy (non-hydrogen) atoms. The van der Waals surface area contributed by atoms with E-state index in [1.807, 2.05) is 6.07 Å². The first-order valence-corrected chi connectivity index (χ1v) is 6.80. The van der Waals surface area contributed by atoms with Crippen molar-refractivity contribution in [3.8, 4) is 11.5 Å². The number of fused-ring (bicyclic) bond motifs is 1. The van der Waals surface area contributed by atoms with Crippen molar-refractivity contribution in [2.45, 2.75) is 13.0 Å². The molecular weight excluding hydrogens is 310 g/mol. The third-order valence-electron chi connectivity index (χ3n) is 3.42. The topological polar surface area (TPSA) is 81.1 Å². The van der Waals surface area contributed by atoms with E-state index in [0.29, 0.717) is 5.75 Å². The quantitative estimate of drug-likeness (QED) is 0.531. The predicted molar refractivity (Wildman–Crippen MR) is 75.8 cm³/mol. The summed E-state index contributed by atoms with van der Waals surface area (Å²) >= 11 is 0. The molecule has 0 aliphatic carbocycles. The Kier molecular flexibility index (Phi) is 6.45. The van der Waals surface area contributed by atoms with Gasteiger partial charge in [0.15, 0.2) is 11.5 Å². The summed E-state index contributed by atoms with van der Waals surface area (Å²) in [4.78, 5) is 24.3. The third kappa shape index (κ3) is 4.02. The Morgan fingerprint density at radius 3 is 2.41 bits per heavy atom. The number of ether oxygens (including phenoxy) is 2. The fraction of sp³-hybridized carbons (Fsp3) is 0.429. The second kappa shape index (κ2) is 7.86. The number of hydrogen-bond acceptors (Lipinski definition) is 4. The lowest BCUT2D eigenvalue weighted by Gasteiger charge is -2.24. The highest BCUT2D eigenvalue weighted by molar-refractivity contribution is 5.75. The van der Waals surface area contributed by atoms with Crippen LogP contribution in [-0.4, -0.2) is 39.9 Å². The Bertz CT molecular complexity index is 565. The van der Waals surface area contributed by atoms with Crippen LogP contribution in [0.4, 0.5) is 9.59 Å². The highest BCUT2D eigenvalue weighted by Gasteiger charge is 2.25. The third-order valence-corrected chi connectivity index (χ3v) is 3.42. The normalized spacial score (nSPS) is 15.9. The van der Waals surface area contributed by atoms with E-state index in [0.717, 1.165) is 30.6 Å². The molecule has 0 spiro atoms. The molecule has 8 heteroatoms. The molecule has 0 aromatic heterocycles. The molecule has 0 fully saturated rings. The average Bonchev–Trinajstić information content (AvgIpc) is 2.48. The molecule has 7 nitrogen and oxygen atoms in total. The summed E-state index contributed by atoms with van der Waals surface area (Å²) in [5.74, 6) is 0.569. The molecule has 0 bridgehead atoms. The Balaban J connectivity index is 0.00000242. The van der Waals surface area contributed by atoms with Gasteiger partial charge in [0.1, 0.15) is 6.54 Å². The van der Waals surface area contributed by atoms with Gasteiger partial charge in [0, 0.05) is 31.6 Å². The fourth-order valence-corrected chi connectivity index (χ4v) is 2.33. The molecule has 3 N–H and O–H groups in total. The van der Waals surface area contributed by atoms with Gasteiger partial charge in [-0.15, -0.1) is 0 Å². The summed E-state index contributed by atoms with van der Waals surface area (Å²) < 4.78 is 10.5. The second-order valence-electron chi connectivity index (χ2n) is 4.94. The Morgan fingerprint density at radius 1 is 1.14 bits per heavy atom. The van der Waals surface area contributed by atoms with Gasteiger partial charge >= 0.3 is 12.2 Å². The average molecular weight is 330 g/mol. The highest BCUT2D eigenvalue weighted by Crippen LogP contribution is 2.35. The minimum atomic E-state index is -0.602. The lowest BCUT2D eigenvalue weighted by molar-refractivity contribution is -0.895. The maximum atomic E-state index is 11.5. The van der Waals surface area contributed by atoms with Gasteiger partial charge in [0.05, 0.1) is 13.6 Å². The zero-order valence-electron chi connectivity index (χ0n) is 12.8. The number of quaternary nitrogens is 1. The largest absolute Gasteiger partial charge is 1.00 e. The number of likely N-dealkylation sites (N-methyl/N-ethyl adjacent to an activating group) is 1. The van der Waals surface area contributed by atoms with Crippen LogP contribution in [0.3, 0.4) is 0 Å². The number of benzene rings is 1. The Hall–Kier alpha value is -1.99. The van der Waals surface area contributed by atoms with E-state index in [9.17, 15) is 9.59 Å². The van der Waals surface area contributed by atoms with E-state index in [1.165, 1.54) is 19.0 Å². The van der Waals surface area contributed by atoms with Crippen molar-refractivity contribution in [1.29, 1.82) is 0 Å². The van der Waals surface area contributed by atoms with Crippen LogP contribution < -0.4 is 37.4 Å². The molecule has 0 radical (unpaired) electrons. The van der Waals surface area contributed by atoms with E-state index in [4.69, 9.17) is 9.47 Å². The summed E-state index contributed by atoms with van der Waals surface area (Å²) in [7, 11) is 5.06. The smallest absolute Gasteiger partial charge is 0.412 e. The number of halogens is 1. The van der Waals surface area contributed by atoms with E-state index < -0.39 is 12.2 Å². The Labute approximate surface area is 135 Å². The zero-order valence-corrected chi connectivity index (χ0v) is 13.5. The highest BCUT2D eigenvalue weighted by atomic mass is 35.5. The van der Waals surface area contributed by atoms with Crippen molar-refractivity contribution in [3.05, 3.63) is 23.3 Å². The molecule has 2 amide bonds.